The highest BCUT2D eigenvalue weighted by molar-refractivity contribution is 7.91. The van der Waals surface area contributed by atoms with Gasteiger partial charge in [-0.05, 0) is 26.7 Å². The molecule has 1 aliphatic carbocycles. The number of hydrogen-bond donors (Lipinski definition) is 1. The highest BCUT2D eigenvalue weighted by atomic mass is 32.2. The highest BCUT2D eigenvalue weighted by Gasteiger charge is 2.37. The second-order valence-electron chi connectivity index (χ2n) is 5.76. The van der Waals surface area contributed by atoms with Gasteiger partial charge >= 0.3 is 0 Å². The number of ether oxygens (including phenoxy) is 2. The van der Waals surface area contributed by atoms with Gasteiger partial charge in [0, 0.05) is 18.8 Å². The summed E-state index contributed by atoms with van der Waals surface area (Å²) in [6.45, 7) is 5.00. The largest absolute Gasteiger partial charge is 0.348 e. The third-order valence-corrected chi connectivity index (χ3v) is 5.34. The van der Waals surface area contributed by atoms with Crippen molar-refractivity contribution in [1.82, 2.24) is 5.32 Å². The first-order valence-electron chi connectivity index (χ1n) is 6.52. The molecule has 3 atom stereocenters. The summed E-state index contributed by atoms with van der Waals surface area (Å²) in [7, 11) is -2.95. The van der Waals surface area contributed by atoms with Crippen molar-refractivity contribution in [3.8, 4) is 0 Å². The lowest BCUT2D eigenvalue weighted by molar-refractivity contribution is -0.137. The van der Waals surface area contributed by atoms with Crippen LogP contribution in [-0.4, -0.2) is 51.0 Å². The smallest absolute Gasteiger partial charge is 0.163 e. The van der Waals surface area contributed by atoms with Gasteiger partial charge in [-0.25, -0.2) is 8.42 Å². The zero-order valence-electron chi connectivity index (χ0n) is 11.3. The first-order valence-corrected chi connectivity index (χ1v) is 8.47. The molecule has 2 rings (SSSR count). The van der Waals surface area contributed by atoms with Crippen LogP contribution in [0.1, 0.15) is 33.1 Å². The molecule has 1 heterocycles. The van der Waals surface area contributed by atoms with Crippen LogP contribution in [0.3, 0.4) is 0 Å². The van der Waals surface area contributed by atoms with E-state index < -0.39 is 15.6 Å². The van der Waals surface area contributed by atoms with Gasteiger partial charge in [-0.15, -0.1) is 0 Å². The molecule has 6 heteroatoms. The van der Waals surface area contributed by atoms with Crippen molar-refractivity contribution in [1.29, 1.82) is 0 Å². The topological polar surface area (TPSA) is 64.6 Å². The Kier molecular flexibility index (Phi) is 4.02. The summed E-state index contributed by atoms with van der Waals surface area (Å²) in [4.78, 5) is 0. The minimum atomic E-state index is -2.95. The second-order valence-corrected chi connectivity index (χ2v) is 8.03. The van der Waals surface area contributed by atoms with Gasteiger partial charge in [0.2, 0.25) is 0 Å². The quantitative estimate of drug-likeness (QED) is 0.819. The van der Waals surface area contributed by atoms with Crippen molar-refractivity contribution < 1.29 is 17.9 Å². The molecular formula is C12H23NO4S. The van der Waals surface area contributed by atoms with Crippen molar-refractivity contribution >= 4 is 9.84 Å². The molecule has 18 heavy (non-hydrogen) atoms. The van der Waals surface area contributed by atoms with Crippen molar-refractivity contribution in [2.45, 2.75) is 56.3 Å². The standard InChI is InChI=1S/C12H23NO4S/c1-12(2)16-8-9(17-12)7-13-10-5-4-6-11(10)18(3,14)15/h9-11,13H,4-8H2,1-3H3. The SMILES string of the molecule is CC1(C)OCC(CNC2CCCC2S(C)(=O)=O)O1. The molecule has 1 saturated carbocycles. The Hall–Kier alpha value is -0.170. The average molecular weight is 277 g/mol. The van der Waals surface area contributed by atoms with E-state index in [1.54, 1.807) is 0 Å². The molecule has 1 N–H and O–H groups in total. The molecule has 1 saturated heterocycles. The Balaban J connectivity index is 1.84. The van der Waals surface area contributed by atoms with Crippen LogP contribution >= 0.6 is 0 Å². The average Bonchev–Trinajstić information content (AvgIpc) is 2.80. The number of hydrogen-bond acceptors (Lipinski definition) is 5. The minimum absolute atomic E-state index is 0.0146. The van der Waals surface area contributed by atoms with Crippen LogP contribution in [0.25, 0.3) is 0 Å². The van der Waals surface area contributed by atoms with Gasteiger partial charge in [0.25, 0.3) is 0 Å². The molecule has 3 unspecified atom stereocenters. The number of rotatable bonds is 4. The van der Waals surface area contributed by atoms with Crippen LogP contribution < -0.4 is 5.32 Å². The fraction of sp³-hybridized carbons (Fsp3) is 1.00. The van der Waals surface area contributed by atoms with Crippen LogP contribution in [0, 0.1) is 0 Å². The summed E-state index contributed by atoms with van der Waals surface area (Å²) < 4.78 is 34.5. The maximum Gasteiger partial charge on any atom is 0.163 e. The fourth-order valence-corrected chi connectivity index (χ4v) is 4.24. The fourth-order valence-electron chi connectivity index (χ4n) is 2.82. The molecule has 0 bridgehead atoms. The third kappa shape index (κ3) is 3.44. The van der Waals surface area contributed by atoms with Crippen molar-refractivity contribution in [3.05, 3.63) is 0 Å². The van der Waals surface area contributed by atoms with Gasteiger partial charge in [0.15, 0.2) is 15.6 Å². The highest BCUT2D eigenvalue weighted by Crippen LogP contribution is 2.26. The van der Waals surface area contributed by atoms with E-state index in [2.05, 4.69) is 5.32 Å². The third-order valence-electron chi connectivity index (χ3n) is 3.68. The molecule has 0 spiro atoms. The molecule has 0 aromatic carbocycles. The molecular weight excluding hydrogens is 254 g/mol. The summed E-state index contributed by atoms with van der Waals surface area (Å²) in [5.41, 5.74) is 0. The van der Waals surface area contributed by atoms with Crippen LogP contribution in [0.4, 0.5) is 0 Å². The van der Waals surface area contributed by atoms with E-state index in [4.69, 9.17) is 9.47 Å². The Morgan fingerprint density at radius 1 is 1.33 bits per heavy atom. The summed E-state index contributed by atoms with van der Waals surface area (Å²) in [5.74, 6) is -0.516. The van der Waals surface area contributed by atoms with Gasteiger partial charge < -0.3 is 14.8 Å². The van der Waals surface area contributed by atoms with E-state index in [0.29, 0.717) is 13.2 Å². The van der Waals surface area contributed by atoms with E-state index >= 15 is 0 Å². The minimum Gasteiger partial charge on any atom is -0.348 e. The van der Waals surface area contributed by atoms with Gasteiger partial charge in [0.1, 0.15) is 0 Å². The van der Waals surface area contributed by atoms with Crippen LogP contribution in [0.2, 0.25) is 0 Å². The first kappa shape index (κ1) is 14.2. The lowest BCUT2D eigenvalue weighted by atomic mass is 10.2. The van der Waals surface area contributed by atoms with Crippen molar-refractivity contribution in [2.75, 3.05) is 19.4 Å². The normalized spacial score (nSPS) is 36.1. The van der Waals surface area contributed by atoms with Crippen LogP contribution in [0.5, 0.6) is 0 Å². The zero-order chi connectivity index (χ0) is 13.4. The van der Waals surface area contributed by atoms with Gasteiger partial charge in [-0.1, -0.05) is 6.42 Å². The van der Waals surface area contributed by atoms with E-state index in [1.807, 2.05) is 13.8 Å². The molecule has 2 fully saturated rings. The summed E-state index contributed by atoms with van der Waals surface area (Å²) in [6, 6.07) is 0.0623. The molecule has 0 aromatic rings. The van der Waals surface area contributed by atoms with Crippen molar-refractivity contribution in [2.24, 2.45) is 0 Å². The molecule has 0 radical (unpaired) electrons. The van der Waals surface area contributed by atoms with Crippen LogP contribution in [-0.2, 0) is 19.3 Å². The Morgan fingerprint density at radius 3 is 2.61 bits per heavy atom. The van der Waals surface area contributed by atoms with Gasteiger partial charge in [-0.2, -0.15) is 0 Å². The molecule has 106 valence electrons. The lowest BCUT2D eigenvalue weighted by Gasteiger charge is -2.22. The second kappa shape index (κ2) is 5.07. The molecule has 0 aromatic heterocycles. The first-order chi connectivity index (χ1) is 8.28. The van der Waals surface area contributed by atoms with Gasteiger partial charge in [0.05, 0.1) is 18.0 Å². The van der Waals surface area contributed by atoms with E-state index in [1.165, 1.54) is 6.26 Å². The van der Waals surface area contributed by atoms with Crippen molar-refractivity contribution in [3.63, 3.8) is 0 Å². The maximum atomic E-state index is 11.6. The lowest BCUT2D eigenvalue weighted by Crippen LogP contribution is -2.43. The van der Waals surface area contributed by atoms with E-state index in [-0.39, 0.29) is 17.4 Å². The number of sulfone groups is 1. The molecule has 5 nitrogen and oxygen atoms in total. The zero-order valence-corrected chi connectivity index (χ0v) is 12.1. The predicted molar refractivity (Wildman–Crippen MR) is 69.2 cm³/mol. The Labute approximate surface area is 109 Å². The maximum absolute atomic E-state index is 11.6. The summed E-state index contributed by atoms with van der Waals surface area (Å²) in [6.07, 6.45) is 4.01. The van der Waals surface area contributed by atoms with E-state index in [0.717, 1.165) is 19.3 Å². The summed E-state index contributed by atoms with van der Waals surface area (Å²) in [5, 5.41) is 3.09. The van der Waals surface area contributed by atoms with E-state index in [9.17, 15) is 8.42 Å². The molecule has 2 aliphatic rings. The monoisotopic (exact) mass is 277 g/mol. The predicted octanol–water partition coefficient (Wildman–Crippen LogP) is 0.693. The van der Waals surface area contributed by atoms with Gasteiger partial charge in [-0.3, -0.25) is 0 Å². The van der Waals surface area contributed by atoms with Crippen LogP contribution in [0.15, 0.2) is 0 Å². The Bertz CT molecular complexity index is 393. The number of nitrogens with one attached hydrogen (secondary N) is 1. The summed E-state index contributed by atoms with van der Waals surface area (Å²) >= 11 is 0. The molecule has 1 aliphatic heterocycles. The molecule has 0 amide bonds. The Morgan fingerprint density at radius 2 is 2.06 bits per heavy atom.